The number of carbonyl (C=O) groups excluding carboxylic acids is 2. The number of hydrogen-bond donors (Lipinski definition) is 2. The maximum atomic E-state index is 11.8. The highest BCUT2D eigenvalue weighted by atomic mass is 16.2. The highest BCUT2D eigenvalue weighted by molar-refractivity contribution is 5.86. The van der Waals surface area contributed by atoms with E-state index in [0.29, 0.717) is 32.5 Å². The predicted molar refractivity (Wildman–Crippen MR) is 50.3 cm³/mol. The fourth-order valence-corrected chi connectivity index (χ4v) is 2.26. The molecule has 2 rings (SSSR count). The lowest BCUT2D eigenvalue weighted by molar-refractivity contribution is -0.132. The fraction of sp³-hybridized carbons (Fsp3) is 0.778. The van der Waals surface area contributed by atoms with Crippen molar-refractivity contribution in [2.75, 3.05) is 19.6 Å². The van der Waals surface area contributed by atoms with Gasteiger partial charge in [-0.2, -0.15) is 0 Å². The third-order valence-electron chi connectivity index (χ3n) is 2.96. The molecular weight excluding hydrogens is 182 g/mol. The highest BCUT2D eigenvalue weighted by Crippen LogP contribution is 2.26. The minimum absolute atomic E-state index is 0.000694. The van der Waals surface area contributed by atoms with E-state index in [1.54, 1.807) is 4.90 Å². The van der Waals surface area contributed by atoms with E-state index in [0.717, 1.165) is 0 Å². The highest BCUT2D eigenvalue weighted by Gasteiger charge is 2.42. The summed E-state index contributed by atoms with van der Waals surface area (Å²) in [6, 6.07) is 0.0234. The lowest BCUT2D eigenvalue weighted by Gasteiger charge is -2.22. The molecule has 0 bridgehead atoms. The van der Waals surface area contributed by atoms with Crippen molar-refractivity contribution in [1.29, 1.82) is 0 Å². The summed E-state index contributed by atoms with van der Waals surface area (Å²) in [4.78, 5) is 24.6. The van der Waals surface area contributed by atoms with E-state index >= 15 is 0 Å². The Bertz CT molecular complexity index is 267. The second-order valence-corrected chi connectivity index (χ2v) is 3.89. The molecule has 2 heterocycles. The number of nitrogens with two attached hydrogens (primary N) is 1. The van der Waals surface area contributed by atoms with Gasteiger partial charge in [-0.15, -0.1) is 0 Å². The molecule has 2 fully saturated rings. The van der Waals surface area contributed by atoms with Gasteiger partial charge in [0, 0.05) is 26.1 Å². The summed E-state index contributed by atoms with van der Waals surface area (Å²) < 4.78 is 0. The first-order valence-electron chi connectivity index (χ1n) is 5.00. The smallest absolute Gasteiger partial charge is 0.227 e. The van der Waals surface area contributed by atoms with Gasteiger partial charge in [-0.3, -0.25) is 9.59 Å². The van der Waals surface area contributed by atoms with Crippen molar-refractivity contribution in [1.82, 2.24) is 10.2 Å². The van der Waals surface area contributed by atoms with Crippen LogP contribution in [0.25, 0.3) is 0 Å². The average Bonchev–Trinajstić information content (AvgIpc) is 2.44. The van der Waals surface area contributed by atoms with Crippen LogP contribution in [0.15, 0.2) is 0 Å². The summed E-state index contributed by atoms with van der Waals surface area (Å²) in [7, 11) is 0. The Morgan fingerprint density at radius 1 is 1.50 bits per heavy atom. The minimum Gasteiger partial charge on any atom is -0.351 e. The van der Waals surface area contributed by atoms with Gasteiger partial charge < -0.3 is 16.0 Å². The van der Waals surface area contributed by atoms with Crippen molar-refractivity contribution in [3.63, 3.8) is 0 Å². The molecule has 3 N–H and O–H groups in total. The van der Waals surface area contributed by atoms with Gasteiger partial charge in [-0.1, -0.05) is 0 Å². The molecule has 2 aliphatic heterocycles. The molecule has 0 aromatic heterocycles. The summed E-state index contributed by atoms with van der Waals surface area (Å²) >= 11 is 0. The molecular formula is C9H15N3O2. The maximum absolute atomic E-state index is 11.8. The Balaban J connectivity index is 2.04. The van der Waals surface area contributed by atoms with Crippen molar-refractivity contribution in [2.45, 2.75) is 18.9 Å². The third kappa shape index (κ3) is 1.48. The van der Waals surface area contributed by atoms with E-state index in [-0.39, 0.29) is 23.8 Å². The number of piperidine rings is 1. The molecule has 0 aromatic carbocycles. The number of likely N-dealkylation sites (tertiary alicyclic amines) is 1. The quantitative estimate of drug-likeness (QED) is 0.576. The van der Waals surface area contributed by atoms with Gasteiger partial charge in [-0.25, -0.2) is 0 Å². The van der Waals surface area contributed by atoms with Crippen molar-refractivity contribution in [3.05, 3.63) is 0 Å². The molecule has 2 aliphatic rings. The van der Waals surface area contributed by atoms with Crippen LogP contribution in [0.2, 0.25) is 0 Å². The molecule has 14 heavy (non-hydrogen) atoms. The van der Waals surface area contributed by atoms with Crippen LogP contribution in [0.5, 0.6) is 0 Å². The van der Waals surface area contributed by atoms with Crippen LogP contribution in [-0.4, -0.2) is 42.4 Å². The monoisotopic (exact) mass is 197 g/mol. The van der Waals surface area contributed by atoms with Crippen LogP contribution in [0.3, 0.4) is 0 Å². The largest absolute Gasteiger partial charge is 0.351 e. The lowest BCUT2D eigenvalue weighted by Crippen LogP contribution is -2.44. The standard InChI is InChI=1S/C9H15N3O2/c10-3-4-12-5-7-6(9(12)14)1-2-8(13)11-7/h6-7H,1-5,10H2,(H,11,13)/t6-,7+/m1/s1. The Morgan fingerprint density at radius 3 is 3.00 bits per heavy atom. The first-order chi connectivity index (χ1) is 6.72. The zero-order valence-electron chi connectivity index (χ0n) is 8.03. The van der Waals surface area contributed by atoms with Crippen LogP contribution in [-0.2, 0) is 9.59 Å². The summed E-state index contributed by atoms with van der Waals surface area (Å²) in [5.74, 6) is 0.216. The van der Waals surface area contributed by atoms with Gasteiger partial charge >= 0.3 is 0 Å². The maximum Gasteiger partial charge on any atom is 0.227 e. The molecule has 0 unspecified atom stereocenters. The molecule has 5 heteroatoms. The average molecular weight is 197 g/mol. The number of carbonyl (C=O) groups is 2. The number of nitrogens with zero attached hydrogens (tertiary/aromatic N) is 1. The number of amides is 2. The van der Waals surface area contributed by atoms with Gasteiger partial charge in [-0.05, 0) is 6.42 Å². The second kappa shape index (κ2) is 3.57. The summed E-state index contributed by atoms with van der Waals surface area (Å²) in [6.45, 7) is 1.72. The molecule has 5 nitrogen and oxygen atoms in total. The Kier molecular flexibility index (Phi) is 2.41. The van der Waals surface area contributed by atoms with Crippen molar-refractivity contribution in [3.8, 4) is 0 Å². The third-order valence-corrected chi connectivity index (χ3v) is 2.96. The predicted octanol–water partition coefficient (Wildman–Crippen LogP) is -1.32. The number of rotatable bonds is 2. The minimum atomic E-state index is -0.000694. The molecule has 0 aromatic rings. The first-order valence-corrected chi connectivity index (χ1v) is 5.00. The van der Waals surface area contributed by atoms with E-state index in [9.17, 15) is 9.59 Å². The van der Waals surface area contributed by atoms with Gasteiger partial charge in [0.2, 0.25) is 11.8 Å². The van der Waals surface area contributed by atoms with Gasteiger partial charge in [0.1, 0.15) is 0 Å². The lowest BCUT2D eigenvalue weighted by atomic mass is 9.93. The SMILES string of the molecule is NCCN1C[C@@H]2NC(=O)CC[C@H]2C1=O. The van der Waals surface area contributed by atoms with Crippen LogP contribution >= 0.6 is 0 Å². The first kappa shape index (κ1) is 9.45. The molecule has 2 amide bonds. The Labute approximate surface area is 82.6 Å². The van der Waals surface area contributed by atoms with Crippen LogP contribution in [0, 0.1) is 5.92 Å². The van der Waals surface area contributed by atoms with Crippen molar-refractivity contribution >= 4 is 11.8 Å². The molecule has 0 saturated carbocycles. The second-order valence-electron chi connectivity index (χ2n) is 3.89. The van der Waals surface area contributed by atoms with Crippen LogP contribution in [0.4, 0.5) is 0 Å². The van der Waals surface area contributed by atoms with Crippen LogP contribution < -0.4 is 11.1 Å². The van der Waals surface area contributed by atoms with E-state index in [1.165, 1.54) is 0 Å². The van der Waals surface area contributed by atoms with Crippen molar-refractivity contribution in [2.24, 2.45) is 11.7 Å². The van der Waals surface area contributed by atoms with E-state index in [2.05, 4.69) is 5.32 Å². The van der Waals surface area contributed by atoms with Crippen LogP contribution in [0.1, 0.15) is 12.8 Å². The molecule has 2 saturated heterocycles. The number of fused-ring (bicyclic) bond motifs is 1. The Morgan fingerprint density at radius 2 is 2.29 bits per heavy atom. The van der Waals surface area contributed by atoms with Gasteiger partial charge in [0.25, 0.3) is 0 Å². The summed E-state index contributed by atoms with van der Waals surface area (Å²) in [5.41, 5.74) is 5.41. The normalized spacial score (nSPS) is 31.6. The molecule has 2 atom stereocenters. The summed E-state index contributed by atoms with van der Waals surface area (Å²) in [5, 5.41) is 2.85. The summed E-state index contributed by atoms with van der Waals surface area (Å²) in [6.07, 6.45) is 1.17. The molecule has 0 spiro atoms. The van der Waals surface area contributed by atoms with E-state index < -0.39 is 0 Å². The number of hydrogen-bond acceptors (Lipinski definition) is 3. The van der Waals surface area contributed by atoms with E-state index in [4.69, 9.17) is 5.73 Å². The number of nitrogens with one attached hydrogen (secondary N) is 1. The van der Waals surface area contributed by atoms with Crippen molar-refractivity contribution < 1.29 is 9.59 Å². The molecule has 78 valence electrons. The topological polar surface area (TPSA) is 75.4 Å². The molecule has 0 radical (unpaired) electrons. The molecule has 0 aliphatic carbocycles. The van der Waals surface area contributed by atoms with Gasteiger partial charge in [0.15, 0.2) is 0 Å². The zero-order valence-corrected chi connectivity index (χ0v) is 8.03. The fourth-order valence-electron chi connectivity index (χ4n) is 2.26. The zero-order chi connectivity index (χ0) is 10.1. The van der Waals surface area contributed by atoms with E-state index in [1.807, 2.05) is 0 Å². The van der Waals surface area contributed by atoms with Gasteiger partial charge in [0.05, 0.1) is 12.0 Å². The Hall–Kier alpha value is -1.10.